The molecular weight excluding hydrogens is 272 g/mol. The number of aliphatic hydroxyl groups is 1. The Morgan fingerprint density at radius 1 is 1.35 bits per heavy atom. The summed E-state index contributed by atoms with van der Waals surface area (Å²) in [6.07, 6.45) is 4.82. The first-order valence-electron chi connectivity index (χ1n) is 7.00. The van der Waals surface area contributed by atoms with Crippen molar-refractivity contribution >= 4 is 27.5 Å². The lowest BCUT2D eigenvalue weighted by molar-refractivity contribution is 0.00526. The molecule has 20 heavy (non-hydrogen) atoms. The number of rotatable bonds is 3. The van der Waals surface area contributed by atoms with Gasteiger partial charge >= 0.3 is 0 Å². The molecule has 1 aromatic heterocycles. The predicted molar refractivity (Wildman–Crippen MR) is 80.0 cm³/mol. The number of hydrogen-bond acceptors (Lipinski definition) is 4. The van der Waals surface area contributed by atoms with Crippen LogP contribution in [0.25, 0.3) is 10.2 Å². The summed E-state index contributed by atoms with van der Waals surface area (Å²) in [5.74, 6) is -0.126. The second kappa shape index (κ2) is 5.50. The Kier molecular flexibility index (Phi) is 3.72. The Bertz CT molecular complexity index is 617. The summed E-state index contributed by atoms with van der Waals surface area (Å²) in [5.41, 5.74) is 2.60. The van der Waals surface area contributed by atoms with E-state index in [1.54, 1.807) is 11.6 Å². The van der Waals surface area contributed by atoms with E-state index in [4.69, 9.17) is 0 Å². The van der Waals surface area contributed by atoms with Gasteiger partial charge in [-0.15, -0.1) is 11.3 Å². The minimum atomic E-state index is -0.720. The van der Waals surface area contributed by atoms with Crippen LogP contribution in [0.4, 0.5) is 0 Å². The topological polar surface area (TPSA) is 62.2 Å². The number of fused-ring (bicyclic) bond motifs is 1. The molecule has 3 rings (SSSR count). The molecule has 0 unspecified atom stereocenters. The van der Waals surface area contributed by atoms with Crippen LogP contribution in [0, 0.1) is 0 Å². The van der Waals surface area contributed by atoms with E-state index in [9.17, 15) is 9.90 Å². The first-order valence-corrected chi connectivity index (χ1v) is 7.88. The number of thiazole rings is 1. The number of carbonyl (C=O) groups excluding carboxylic acids is 1. The van der Waals surface area contributed by atoms with Crippen LogP contribution in [0.15, 0.2) is 23.7 Å². The zero-order valence-corrected chi connectivity index (χ0v) is 12.1. The maximum atomic E-state index is 12.2. The molecule has 106 valence electrons. The maximum Gasteiger partial charge on any atom is 0.251 e. The lowest BCUT2D eigenvalue weighted by Crippen LogP contribution is -2.44. The van der Waals surface area contributed by atoms with Crippen LogP contribution in [0.3, 0.4) is 0 Å². The number of carbonyl (C=O) groups is 1. The fourth-order valence-corrected chi connectivity index (χ4v) is 3.45. The molecule has 1 saturated carbocycles. The molecule has 1 amide bonds. The van der Waals surface area contributed by atoms with Gasteiger partial charge in [0.2, 0.25) is 0 Å². The summed E-state index contributed by atoms with van der Waals surface area (Å²) in [7, 11) is 0. The quantitative estimate of drug-likeness (QED) is 0.913. The number of amides is 1. The van der Waals surface area contributed by atoms with Gasteiger partial charge in [-0.25, -0.2) is 4.98 Å². The third-order valence-corrected chi connectivity index (χ3v) is 4.75. The summed E-state index contributed by atoms with van der Waals surface area (Å²) in [4.78, 5) is 16.4. The van der Waals surface area contributed by atoms with E-state index in [-0.39, 0.29) is 5.91 Å². The van der Waals surface area contributed by atoms with Gasteiger partial charge < -0.3 is 10.4 Å². The molecule has 1 aliphatic carbocycles. The van der Waals surface area contributed by atoms with Gasteiger partial charge in [-0.1, -0.05) is 19.3 Å². The van der Waals surface area contributed by atoms with Gasteiger partial charge in [-0.3, -0.25) is 4.79 Å². The van der Waals surface area contributed by atoms with Gasteiger partial charge in [0, 0.05) is 12.1 Å². The Balaban J connectivity index is 1.66. The van der Waals surface area contributed by atoms with Gasteiger partial charge in [-0.05, 0) is 31.0 Å². The summed E-state index contributed by atoms with van der Waals surface area (Å²) in [6.45, 7) is 0.340. The number of nitrogens with zero attached hydrogens (tertiary/aromatic N) is 1. The highest BCUT2D eigenvalue weighted by atomic mass is 32.1. The van der Waals surface area contributed by atoms with Gasteiger partial charge in [-0.2, -0.15) is 0 Å². The summed E-state index contributed by atoms with van der Waals surface area (Å²) in [6, 6.07) is 5.49. The van der Waals surface area contributed by atoms with Crippen LogP contribution in [0.1, 0.15) is 42.5 Å². The molecule has 2 N–H and O–H groups in total. The molecule has 0 saturated heterocycles. The average Bonchev–Trinajstić information content (AvgIpc) is 2.93. The summed E-state index contributed by atoms with van der Waals surface area (Å²) < 4.78 is 1.01. The second-order valence-electron chi connectivity index (χ2n) is 5.50. The van der Waals surface area contributed by atoms with E-state index in [2.05, 4.69) is 10.3 Å². The molecule has 1 heterocycles. The Hall–Kier alpha value is -1.46. The first-order chi connectivity index (χ1) is 9.66. The van der Waals surface area contributed by atoms with Crippen LogP contribution < -0.4 is 5.32 Å². The van der Waals surface area contributed by atoms with Crippen LogP contribution in [-0.2, 0) is 0 Å². The molecule has 1 fully saturated rings. The molecule has 4 nitrogen and oxygen atoms in total. The normalized spacial score (nSPS) is 18.1. The highest BCUT2D eigenvalue weighted by molar-refractivity contribution is 7.16. The lowest BCUT2D eigenvalue weighted by atomic mass is 9.85. The fourth-order valence-electron chi connectivity index (χ4n) is 2.73. The van der Waals surface area contributed by atoms with Crippen molar-refractivity contribution in [2.75, 3.05) is 6.54 Å². The third-order valence-electron chi connectivity index (χ3n) is 3.96. The Labute approximate surface area is 121 Å². The monoisotopic (exact) mass is 290 g/mol. The zero-order valence-electron chi connectivity index (χ0n) is 11.3. The third kappa shape index (κ3) is 2.83. The maximum absolute atomic E-state index is 12.2. The van der Waals surface area contributed by atoms with E-state index in [1.807, 2.05) is 12.1 Å². The summed E-state index contributed by atoms with van der Waals surface area (Å²) >= 11 is 1.52. The van der Waals surface area contributed by atoms with E-state index < -0.39 is 5.60 Å². The highest BCUT2D eigenvalue weighted by Gasteiger charge is 2.29. The Morgan fingerprint density at radius 3 is 2.95 bits per heavy atom. The molecule has 1 aliphatic rings. The lowest BCUT2D eigenvalue weighted by Gasteiger charge is -2.32. The standard InChI is InChI=1S/C15H18N2O2S/c18-14(16-9-15(19)6-2-1-3-7-15)11-4-5-12-13(8-11)20-10-17-12/h4-5,8,10,19H,1-3,6-7,9H2,(H,16,18). The van der Waals surface area contributed by atoms with Crippen molar-refractivity contribution in [1.82, 2.24) is 10.3 Å². The van der Waals surface area contributed by atoms with Crippen molar-refractivity contribution < 1.29 is 9.90 Å². The van der Waals surface area contributed by atoms with Gasteiger partial charge in [0.05, 0.1) is 21.3 Å². The van der Waals surface area contributed by atoms with E-state index in [0.717, 1.165) is 35.9 Å². The first kappa shape index (κ1) is 13.5. The molecule has 0 aliphatic heterocycles. The molecule has 0 bridgehead atoms. The van der Waals surface area contributed by atoms with Crippen molar-refractivity contribution in [2.24, 2.45) is 0 Å². The number of nitrogens with one attached hydrogen (secondary N) is 1. The van der Waals surface area contributed by atoms with Crippen molar-refractivity contribution in [3.8, 4) is 0 Å². The van der Waals surface area contributed by atoms with E-state index in [1.165, 1.54) is 17.8 Å². The van der Waals surface area contributed by atoms with Gasteiger partial charge in [0.1, 0.15) is 0 Å². The molecule has 0 radical (unpaired) electrons. The Morgan fingerprint density at radius 2 is 2.15 bits per heavy atom. The molecule has 0 spiro atoms. The van der Waals surface area contributed by atoms with Crippen molar-refractivity contribution in [1.29, 1.82) is 0 Å². The number of benzene rings is 1. The number of hydrogen-bond donors (Lipinski definition) is 2. The van der Waals surface area contributed by atoms with Crippen molar-refractivity contribution in [3.05, 3.63) is 29.3 Å². The highest BCUT2D eigenvalue weighted by Crippen LogP contribution is 2.27. The smallest absolute Gasteiger partial charge is 0.251 e. The minimum Gasteiger partial charge on any atom is -0.388 e. The molecular formula is C15H18N2O2S. The van der Waals surface area contributed by atoms with Gasteiger partial charge in [0.25, 0.3) is 5.91 Å². The zero-order chi connectivity index (χ0) is 14.0. The van der Waals surface area contributed by atoms with E-state index >= 15 is 0 Å². The molecule has 2 aromatic rings. The second-order valence-corrected chi connectivity index (χ2v) is 6.39. The predicted octanol–water partition coefficient (Wildman–Crippen LogP) is 2.72. The summed E-state index contributed by atoms with van der Waals surface area (Å²) in [5, 5.41) is 13.2. The van der Waals surface area contributed by atoms with Crippen molar-refractivity contribution in [2.45, 2.75) is 37.7 Å². The minimum absolute atomic E-state index is 0.126. The van der Waals surface area contributed by atoms with Crippen LogP contribution in [0.2, 0.25) is 0 Å². The average molecular weight is 290 g/mol. The SMILES string of the molecule is O=C(NCC1(O)CCCCC1)c1ccc2ncsc2c1. The van der Waals surface area contributed by atoms with Crippen LogP contribution in [-0.4, -0.2) is 28.1 Å². The van der Waals surface area contributed by atoms with Crippen LogP contribution in [0.5, 0.6) is 0 Å². The van der Waals surface area contributed by atoms with Crippen molar-refractivity contribution in [3.63, 3.8) is 0 Å². The molecule has 5 heteroatoms. The fraction of sp³-hybridized carbons (Fsp3) is 0.467. The molecule has 0 atom stereocenters. The van der Waals surface area contributed by atoms with E-state index in [0.29, 0.717) is 12.1 Å². The van der Waals surface area contributed by atoms with Crippen LogP contribution >= 0.6 is 11.3 Å². The molecule has 1 aromatic carbocycles. The van der Waals surface area contributed by atoms with Gasteiger partial charge in [0.15, 0.2) is 0 Å². The largest absolute Gasteiger partial charge is 0.388 e. The number of aromatic nitrogens is 1.